The molecule has 6 heteroatoms. The van der Waals surface area contributed by atoms with E-state index in [1.807, 2.05) is 17.8 Å². The van der Waals surface area contributed by atoms with E-state index >= 15 is 0 Å². The van der Waals surface area contributed by atoms with E-state index in [9.17, 15) is 9.59 Å². The monoisotopic (exact) mass is 270 g/mol. The summed E-state index contributed by atoms with van der Waals surface area (Å²) in [5, 5.41) is 9.69. The predicted octanol–water partition coefficient (Wildman–Crippen LogP) is 1.40. The van der Waals surface area contributed by atoms with Crippen LogP contribution in [0.25, 0.3) is 0 Å². The molecule has 0 spiro atoms. The zero-order valence-electron chi connectivity index (χ0n) is 11.0. The van der Waals surface area contributed by atoms with E-state index in [1.165, 1.54) is 0 Å². The van der Waals surface area contributed by atoms with Gasteiger partial charge in [0.15, 0.2) is 0 Å². The van der Waals surface area contributed by atoms with E-state index in [1.54, 1.807) is 24.4 Å². The number of hydrogen-bond acceptors (Lipinski definition) is 4. The van der Waals surface area contributed by atoms with Crippen molar-refractivity contribution in [1.82, 2.24) is 15.1 Å². The molecule has 2 amide bonds. The van der Waals surface area contributed by atoms with Crippen molar-refractivity contribution in [3.8, 4) is 0 Å². The lowest BCUT2D eigenvalue weighted by atomic mass is 10.1. The maximum atomic E-state index is 11.6. The second-order valence-electron chi connectivity index (χ2n) is 4.60. The summed E-state index contributed by atoms with van der Waals surface area (Å²) in [6.45, 7) is 3.48. The molecule has 20 heavy (non-hydrogen) atoms. The van der Waals surface area contributed by atoms with Crippen molar-refractivity contribution in [2.24, 2.45) is 0 Å². The Balaban J connectivity index is 1.74. The maximum absolute atomic E-state index is 11.6. The van der Waals surface area contributed by atoms with E-state index in [0.717, 1.165) is 17.8 Å². The number of imide groups is 1. The summed E-state index contributed by atoms with van der Waals surface area (Å²) in [5.41, 5.74) is 2.72. The number of anilines is 1. The molecule has 0 saturated carbocycles. The molecular weight excluding hydrogens is 256 g/mol. The molecule has 2 aromatic rings. The van der Waals surface area contributed by atoms with Gasteiger partial charge in [-0.15, -0.1) is 0 Å². The molecule has 0 unspecified atom stereocenters. The van der Waals surface area contributed by atoms with Crippen LogP contribution in [0, 0.1) is 0 Å². The normalized spacial score (nSPS) is 13.2. The van der Waals surface area contributed by atoms with Gasteiger partial charge < -0.3 is 5.32 Å². The summed E-state index contributed by atoms with van der Waals surface area (Å²) < 4.78 is 1.85. The van der Waals surface area contributed by atoms with Gasteiger partial charge in [-0.05, 0) is 25.1 Å². The van der Waals surface area contributed by atoms with Crippen LogP contribution in [-0.4, -0.2) is 21.6 Å². The Morgan fingerprint density at radius 2 is 2.05 bits per heavy atom. The largest absolute Gasteiger partial charge is 0.381 e. The van der Waals surface area contributed by atoms with Crippen LogP contribution in [0.15, 0.2) is 30.6 Å². The number of nitrogens with one attached hydrogen (secondary N) is 2. The lowest BCUT2D eigenvalue weighted by Crippen LogP contribution is -2.19. The van der Waals surface area contributed by atoms with Gasteiger partial charge in [-0.1, -0.05) is 0 Å². The molecule has 2 N–H and O–H groups in total. The Hall–Kier alpha value is -2.63. The molecule has 0 fully saturated rings. The van der Waals surface area contributed by atoms with Gasteiger partial charge in [0.05, 0.1) is 17.3 Å². The number of carbonyl (C=O) groups is 2. The number of amides is 2. The van der Waals surface area contributed by atoms with Crippen LogP contribution in [0.5, 0.6) is 0 Å². The molecule has 0 atom stereocenters. The van der Waals surface area contributed by atoms with Crippen LogP contribution in [0.3, 0.4) is 0 Å². The van der Waals surface area contributed by atoms with Crippen LogP contribution in [0.2, 0.25) is 0 Å². The van der Waals surface area contributed by atoms with Crippen molar-refractivity contribution < 1.29 is 9.59 Å². The molecule has 102 valence electrons. The predicted molar refractivity (Wildman–Crippen MR) is 73.5 cm³/mol. The van der Waals surface area contributed by atoms with E-state index < -0.39 is 0 Å². The Kier molecular flexibility index (Phi) is 2.98. The van der Waals surface area contributed by atoms with Crippen molar-refractivity contribution in [3.63, 3.8) is 0 Å². The lowest BCUT2D eigenvalue weighted by molar-refractivity contribution is 0.0879. The fourth-order valence-electron chi connectivity index (χ4n) is 2.15. The maximum Gasteiger partial charge on any atom is 0.259 e. The van der Waals surface area contributed by atoms with E-state index in [0.29, 0.717) is 17.7 Å². The Morgan fingerprint density at radius 1 is 1.25 bits per heavy atom. The Morgan fingerprint density at radius 3 is 2.80 bits per heavy atom. The number of fused-ring (bicyclic) bond motifs is 1. The van der Waals surface area contributed by atoms with Gasteiger partial charge in [-0.2, -0.15) is 5.10 Å². The molecule has 0 saturated heterocycles. The smallest absolute Gasteiger partial charge is 0.259 e. The number of carbonyl (C=O) groups excluding carboxylic acids is 2. The number of hydrogen-bond donors (Lipinski definition) is 2. The lowest BCUT2D eigenvalue weighted by Gasteiger charge is -2.05. The minimum absolute atomic E-state index is 0.333. The second kappa shape index (κ2) is 4.80. The molecule has 0 aliphatic carbocycles. The third kappa shape index (κ3) is 2.16. The molecule has 6 nitrogen and oxygen atoms in total. The van der Waals surface area contributed by atoms with Crippen LogP contribution >= 0.6 is 0 Å². The minimum atomic E-state index is -0.340. The zero-order chi connectivity index (χ0) is 14.1. The first-order valence-corrected chi connectivity index (χ1v) is 6.42. The fraction of sp³-hybridized carbons (Fsp3) is 0.214. The molecular formula is C14H14N4O2. The number of benzene rings is 1. The second-order valence-corrected chi connectivity index (χ2v) is 4.60. The summed E-state index contributed by atoms with van der Waals surface area (Å²) in [6, 6.07) is 5.15. The van der Waals surface area contributed by atoms with Crippen LogP contribution in [0.4, 0.5) is 5.69 Å². The number of aryl methyl sites for hydroxylation is 1. The van der Waals surface area contributed by atoms with E-state index in [4.69, 9.17) is 0 Å². The third-order valence-electron chi connectivity index (χ3n) is 3.24. The van der Waals surface area contributed by atoms with Gasteiger partial charge in [0, 0.05) is 30.5 Å². The fourth-order valence-corrected chi connectivity index (χ4v) is 2.15. The summed E-state index contributed by atoms with van der Waals surface area (Å²) in [6.07, 6.45) is 3.77. The number of aromatic nitrogens is 2. The van der Waals surface area contributed by atoms with Crippen LogP contribution < -0.4 is 10.6 Å². The average Bonchev–Trinajstić information content (AvgIpc) is 3.02. The average molecular weight is 270 g/mol. The minimum Gasteiger partial charge on any atom is -0.381 e. The molecule has 1 aliphatic heterocycles. The highest BCUT2D eigenvalue weighted by molar-refractivity contribution is 6.21. The van der Waals surface area contributed by atoms with Crippen molar-refractivity contribution >= 4 is 17.5 Å². The highest BCUT2D eigenvalue weighted by Gasteiger charge is 2.26. The quantitative estimate of drug-likeness (QED) is 0.823. The number of rotatable bonds is 4. The van der Waals surface area contributed by atoms with Gasteiger partial charge in [0.1, 0.15) is 0 Å². The Labute approximate surface area is 115 Å². The van der Waals surface area contributed by atoms with Gasteiger partial charge in [-0.25, -0.2) is 0 Å². The van der Waals surface area contributed by atoms with Crippen LogP contribution in [0.1, 0.15) is 33.2 Å². The topological polar surface area (TPSA) is 76.0 Å². The van der Waals surface area contributed by atoms with Crippen LogP contribution in [-0.2, 0) is 13.1 Å². The van der Waals surface area contributed by atoms with Crippen molar-refractivity contribution in [2.75, 3.05) is 5.32 Å². The summed E-state index contributed by atoms with van der Waals surface area (Å²) >= 11 is 0. The molecule has 1 aliphatic rings. The highest BCUT2D eigenvalue weighted by atomic mass is 16.2. The zero-order valence-corrected chi connectivity index (χ0v) is 11.0. The highest BCUT2D eigenvalue weighted by Crippen LogP contribution is 2.20. The summed E-state index contributed by atoms with van der Waals surface area (Å²) in [5.74, 6) is -0.673. The van der Waals surface area contributed by atoms with Gasteiger partial charge in [0.2, 0.25) is 0 Å². The molecule has 1 aromatic heterocycles. The first kappa shape index (κ1) is 12.4. The molecule has 1 aromatic carbocycles. The first-order valence-electron chi connectivity index (χ1n) is 6.42. The van der Waals surface area contributed by atoms with Gasteiger partial charge in [0.25, 0.3) is 11.8 Å². The van der Waals surface area contributed by atoms with E-state index in [-0.39, 0.29) is 11.8 Å². The molecule has 0 radical (unpaired) electrons. The summed E-state index contributed by atoms with van der Waals surface area (Å²) in [7, 11) is 0. The third-order valence-corrected chi connectivity index (χ3v) is 3.24. The van der Waals surface area contributed by atoms with Crippen molar-refractivity contribution in [1.29, 1.82) is 0 Å². The van der Waals surface area contributed by atoms with Crippen molar-refractivity contribution in [2.45, 2.75) is 20.0 Å². The SMILES string of the molecule is CCn1cc(CNc2ccc3c(c2)C(=O)NC3=O)cn1. The van der Waals surface area contributed by atoms with Gasteiger partial charge >= 0.3 is 0 Å². The van der Waals surface area contributed by atoms with E-state index in [2.05, 4.69) is 15.7 Å². The summed E-state index contributed by atoms with van der Waals surface area (Å²) in [4.78, 5) is 23.0. The van der Waals surface area contributed by atoms with Crippen molar-refractivity contribution in [3.05, 3.63) is 47.3 Å². The first-order chi connectivity index (χ1) is 9.67. The Bertz CT molecular complexity index is 690. The molecule has 0 bridgehead atoms. The standard InChI is InChI=1S/C14H14N4O2/c1-2-18-8-9(7-16-18)6-15-10-3-4-11-12(5-10)14(20)17-13(11)19/h3-5,7-8,15H,2,6H2,1H3,(H,17,19,20). The molecule has 3 rings (SSSR count). The number of nitrogens with zero attached hydrogens (tertiary/aromatic N) is 2. The molecule has 2 heterocycles. The van der Waals surface area contributed by atoms with Gasteiger partial charge in [-0.3, -0.25) is 19.6 Å².